The van der Waals surface area contributed by atoms with Crippen molar-refractivity contribution in [2.45, 2.75) is 328 Å². The number of hydrogen-bond donors (Lipinski definition) is 2. The molecule has 0 saturated heterocycles. The fourth-order valence-electron chi connectivity index (χ4n) is 9.41. The van der Waals surface area contributed by atoms with Crippen LogP contribution in [0.3, 0.4) is 0 Å². The van der Waals surface area contributed by atoms with Crippen molar-refractivity contribution in [3.8, 4) is 0 Å². The zero-order valence-corrected chi connectivity index (χ0v) is 50.2. The average Bonchev–Trinajstić information content (AvgIpc) is 3.40. The molecule has 0 saturated carbocycles. The number of phosphoric acid groups is 1. The molecule has 0 aliphatic rings. The SMILES string of the molecule is CCCCCCC/C=C\C/C=C\C/C=C\CCCCCCCCCCCCCCCCCCCCCCCCCCC(=O)OC(COC(=O)CCCCCCC/C=C\CCCCCCCC)COP(=O)(O)OCCN. The highest BCUT2D eigenvalue weighted by Gasteiger charge is 2.26. The van der Waals surface area contributed by atoms with Crippen LogP contribution >= 0.6 is 7.82 Å². The summed E-state index contributed by atoms with van der Waals surface area (Å²) in [5.74, 6) is -0.824. The van der Waals surface area contributed by atoms with Gasteiger partial charge in [0.1, 0.15) is 6.61 Å². The lowest BCUT2D eigenvalue weighted by Gasteiger charge is -2.19. The molecule has 2 atom stereocenters. The predicted molar refractivity (Wildman–Crippen MR) is 321 cm³/mol. The van der Waals surface area contributed by atoms with E-state index < -0.39 is 26.5 Å². The zero-order chi connectivity index (χ0) is 54.5. The first-order valence-electron chi connectivity index (χ1n) is 32.1. The Morgan fingerprint density at radius 2 is 0.693 bits per heavy atom. The molecule has 0 amide bonds. The van der Waals surface area contributed by atoms with Crippen molar-refractivity contribution in [1.29, 1.82) is 0 Å². The number of ether oxygens (including phenoxy) is 2. The van der Waals surface area contributed by atoms with E-state index in [0.29, 0.717) is 6.42 Å². The molecule has 9 nitrogen and oxygen atoms in total. The number of esters is 2. The topological polar surface area (TPSA) is 134 Å². The van der Waals surface area contributed by atoms with Gasteiger partial charge in [-0.3, -0.25) is 18.6 Å². The zero-order valence-electron chi connectivity index (χ0n) is 49.3. The van der Waals surface area contributed by atoms with E-state index in [-0.39, 0.29) is 38.6 Å². The standard InChI is InChI=1S/C65H122NO8P/c1-3-5-7-9-11-13-15-17-19-20-21-22-23-24-25-26-27-28-29-30-31-32-33-34-35-36-37-38-39-40-41-42-44-46-48-50-52-54-56-58-65(68)74-63(62-73-75(69,70)72-60-59-66)61-71-64(67)57-55-53-51-49-47-45-43-18-16-14-12-10-8-6-4-2/h15,17-18,20-21,23-24,43,63H,3-14,16,19,22,25-42,44-62,66H2,1-2H3,(H,69,70)/b17-15-,21-20-,24-23-,43-18-. The maximum absolute atomic E-state index is 12.7. The van der Waals surface area contributed by atoms with Gasteiger partial charge in [0.25, 0.3) is 0 Å². The number of allylic oxidation sites excluding steroid dienone is 8. The molecule has 2 unspecified atom stereocenters. The maximum Gasteiger partial charge on any atom is 0.472 e. The highest BCUT2D eigenvalue weighted by atomic mass is 31.2. The second-order valence-electron chi connectivity index (χ2n) is 21.6. The quantitative estimate of drug-likeness (QED) is 0.0264. The van der Waals surface area contributed by atoms with E-state index in [1.807, 2.05) is 0 Å². The van der Waals surface area contributed by atoms with Gasteiger partial charge >= 0.3 is 19.8 Å². The van der Waals surface area contributed by atoms with Crippen LogP contribution in [0.1, 0.15) is 322 Å². The van der Waals surface area contributed by atoms with Gasteiger partial charge in [0.05, 0.1) is 13.2 Å². The monoisotopic (exact) mass is 1080 g/mol. The summed E-state index contributed by atoms with van der Waals surface area (Å²) >= 11 is 0. The van der Waals surface area contributed by atoms with Crippen LogP contribution in [0.25, 0.3) is 0 Å². The van der Waals surface area contributed by atoms with E-state index in [9.17, 15) is 19.0 Å². The predicted octanol–water partition coefficient (Wildman–Crippen LogP) is 20.5. The van der Waals surface area contributed by atoms with Crippen molar-refractivity contribution >= 4 is 19.8 Å². The third-order valence-corrected chi connectivity index (χ3v) is 15.2. The Balaban J connectivity index is 3.77. The summed E-state index contributed by atoms with van der Waals surface area (Å²) < 4.78 is 33.0. The van der Waals surface area contributed by atoms with Crippen LogP contribution in [0.2, 0.25) is 0 Å². The first-order valence-corrected chi connectivity index (χ1v) is 33.6. The van der Waals surface area contributed by atoms with E-state index in [2.05, 4.69) is 62.5 Å². The number of carbonyl (C=O) groups excluding carboxylic acids is 2. The maximum atomic E-state index is 12.7. The van der Waals surface area contributed by atoms with Crippen LogP contribution in [-0.4, -0.2) is 49.3 Å². The van der Waals surface area contributed by atoms with Gasteiger partial charge in [-0.1, -0.05) is 281 Å². The second kappa shape index (κ2) is 61.2. The third kappa shape index (κ3) is 61.1. The van der Waals surface area contributed by atoms with Gasteiger partial charge in [-0.05, 0) is 77.0 Å². The molecular weight excluding hydrogens is 954 g/mol. The lowest BCUT2D eigenvalue weighted by Crippen LogP contribution is -2.29. The Hall–Kier alpha value is -2.03. The fourth-order valence-corrected chi connectivity index (χ4v) is 10.2. The molecule has 0 spiro atoms. The summed E-state index contributed by atoms with van der Waals surface area (Å²) in [4.78, 5) is 35.2. The summed E-state index contributed by atoms with van der Waals surface area (Å²) in [7, 11) is -4.39. The fraction of sp³-hybridized carbons (Fsp3) is 0.846. The molecule has 0 heterocycles. The second-order valence-corrected chi connectivity index (χ2v) is 23.1. The third-order valence-electron chi connectivity index (χ3n) is 14.2. The van der Waals surface area contributed by atoms with E-state index in [0.717, 1.165) is 64.2 Å². The molecule has 0 aromatic heterocycles. The highest BCUT2D eigenvalue weighted by molar-refractivity contribution is 7.47. The normalized spacial score (nSPS) is 13.3. The Kier molecular flexibility index (Phi) is 59.5. The number of nitrogens with two attached hydrogens (primary N) is 1. The molecule has 3 N–H and O–H groups in total. The lowest BCUT2D eigenvalue weighted by atomic mass is 10.0. The first kappa shape index (κ1) is 73.0. The van der Waals surface area contributed by atoms with Gasteiger partial charge in [0.15, 0.2) is 6.10 Å². The van der Waals surface area contributed by atoms with Gasteiger partial charge in [0, 0.05) is 19.4 Å². The summed E-state index contributed by atoms with van der Waals surface area (Å²) in [5.41, 5.74) is 5.38. The molecule has 0 bridgehead atoms. The van der Waals surface area contributed by atoms with Gasteiger partial charge < -0.3 is 20.1 Å². The molecule has 0 rings (SSSR count). The first-order chi connectivity index (χ1) is 36.8. The van der Waals surface area contributed by atoms with Crippen LogP contribution in [0.15, 0.2) is 48.6 Å². The van der Waals surface area contributed by atoms with Crippen molar-refractivity contribution in [3.05, 3.63) is 48.6 Å². The van der Waals surface area contributed by atoms with Gasteiger partial charge in [-0.2, -0.15) is 0 Å². The molecule has 0 fully saturated rings. The number of carbonyl (C=O) groups is 2. The van der Waals surface area contributed by atoms with Crippen LogP contribution in [0, 0.1) is 0 Å². The molecule has 0 aliphatic heterocycles. The van der Waals surface area contributed by atoms with Gasteiger partial charge in [-0.15, -0.1) is 0 Å². The minimum atomic E-state index is -4.39. The van der Waals surface area contributed by atoms with Crippen LogP contribution in [0.5, 0.6) is 0 Å². The van der Waals surface area contributed by atoms with E-state index in [1.54, 1.807) is 0 Å². The van der Waals surface area contributed by atoms with Crippen molar-refractivity contribution in [1.82, 2.24) is 0 Å². The van der Waals surface area contributed by atoms with Crippen molar-refractivity contribution in [3.63, 3.8) is 0 Å². The number of phosphoric ester groups is 1. The Morgan fingerprint density at radius 1 is 0.400 bits per heavy atom. The van der Waals surface area contributed by atoms with Gasteiger partial charge in [0.2, 0.25) is 0 Å². The van der Waals surface area contributed by atoms with E-state index in [4.69, 9.17) is 24.3 Å². The smallest absolute Gasteiger partial charge is 0.462 e. The Labute approximate surface area is 464 Å². The Morgan fingerprint density at radius 3 is 1.04 bits per heavy atom. The molecule has 0 aromatic carbocycles. The average molecular weight is 1080 g/mol. The number of rotatable bonds is 61. The molecule has 75 heavy (non-hydrogen) atoms. The van der Waals surface area contributed by atoms with E-state index in [1.165, 1.54) is 225 Å². The molecule has 0 radical (unpaired) electrons. The van der Waals surface area contributed by atoms with Crippen molar-refractivity contribution < 1.29 is 37.6 Å². The summed E-state index contributed by atoms with van der Waals surface area (Å²) in [6, 6.07) is 0. The van der Waals surface area contributed by atoms with Crippen molar-refractivity contribution in [2.24, 2.45) is 5.73 Å². The minimum absolute atomic E-state index is 0.0537. The molecule has 0 aromatic rings. The van der Waals surface area contributed by atoms with Gasteiger partial charge in [-0.25, -0.2) is 4.57 Å². The molecule has 440 valence electrons. The molecular formula is C65H122NO8P. The van der Waals surface area contributed by atoms with E-state index >= 15 is 0 Å². The summed E-state index contributed by atoms with van der Waals surface area (Å²) in [5, 5.41) is 0. The summed E-state index contributed by atoms with van der Waals surface area (Å²) in [6.07, 6.45) is 76.4. The molecule has 10 heteroatoms. The number of hydrogen-bond acceptors (Lipinski definition) is 8. The molecule has 0 aliphatic carbocycles. The summed E-state index contributed by atoms with van der Waals surface area (Å²) in [6.45, 7) is 3.76. The minimum Gasteiger partial charge on any atom is -0.462 e. The van der Waals surface area contributed by atoms with Crippen LogP contribution < -0.4 is 5.73 Å². The van der Waals surface area contributed by atoms with Crippen LogP contribution in [0.4, 0.5) is 0 Å². The Bertz CT molecular complexity index is 1370. The number of unbranched alkanes of at least 4 members (excludes halogenated alkanes) is 40. The lowest BCUT2D eigenvalue weighted by molar-refractivity contribution is -0.161. The highest BCUT2D eigenvalue weighted by Crippen LogP contribution is 2.43. The van der Waals surface area contributed by atoms with Crippen LogP contribution in [-0.2, 0) is 32.7 Å². The van der Waals surface area contributed by atoms with Crippen molar-refractivity contribution in [2.75, 3.05) is 26.4 Å². The largest absolute Gasteiger partial charge is 0.472 e.